The number of esters is 1. The number of benzene rings is 1. The molecule has 150 valence electrons. The van der Waals surface area contributed by atoms with E-state index in [4.69, 9.17) is 14.4 Å². The first-order chi connectivity index (χ1) is 13.9. The van der Waals surface area contributed by atoms with Gasteiger partial charge in [0.1, 0.15) is 17.2 Å². The van der Waals surface area contributed by atoms with Crippen molar-refractivity contribution in [3.63, 3.8) is 0 Å². The summed E-state index contributed by atoms with van der Waals surface area (Å²) < 4.78 is 10.7. The Morgan fingerprint density at radius 3 is 2.79 bits per heavy atom. The number of rotatable bonds is 5. The van der Waals surface area contributed by atoms with Gasteiger partial charge in [-0.1, -0.05) is 6.07 Å². The summed E-state index contributed by atoms with van der Waals surface area (Å²) in [6.07, 6.45) is 0.433. The summed E-state index contributed by atoms with van der Waals surface area (Å²) >= 11 is 1.39. The number of anilines is 1. The van der Waals surface area contributed by atoms with Gasteiger partial charge in [0, 0.05) is 18.4 Å². The highest BCUT2D eigenvalue weighted by Gasteiger charge is 2.43. The Labute approximate surface area is 171 Å². The van der Waals surface area contributed by atoms with Gasteiger partial charge in [0.15, 0.2) is 6.10 Å². The molecule has 2 aromatic rings. The highest BCUT2D eigenvalue weighted by atomic mass is 32.2. The van der Waals surface area contributed by atoms with Gasteiger partial charge in [0.25, 0.3) is 5.91 Å². The van der Waals surface area contributed by atoms with E-state index >= 15 is 0 Å². The molecular weight excluding hydrogens is 394 g/mol. The summed E-state index contributed by atoms with van der Waals surface area (Å²) in [6, 6.07) is 11.0. The molecule has 2 heterocycles. The van der Waals surface area contributed by atoms with Gasteiger partial charge in [-0.15, -0.1) is 11.8 Å². The maximum absolute atomic E-state index is 12.7. The van der Waals surface area contributed by atoms with Crippen LogP contribution < -0.4 is 5.32 Å². The molecule has 1 aliphatic heterocycles. The van der Waals surface area contributed by atoms with Crippen LogP contribution in [0.15, 0.2) is 47.1 Å². The zero-order valence-electron chi connectivity index (χ0n) is 15.8. The number of furan rings is 1. The van der Waals surface area contributed by atoms with Gasteiger partial charge in [-0.25, -0.2) is 4.79 Å². The van der Waals surface area contributed by atoms with Crippen LogP contribution in [0.4, 0.5) is 5.69 Å². The molecule has 1 aromatic carbocycles. The summed E-state index contributed by atoms with van der Waals surface area (Å²) in [5.41, 5.74) is 0.827. The first-order valence-electron chi connectivity index (χ1n) is 8.86. The number of carbonyl (C=O) groups is 3. The zero-order chi connectivity index (χ0) is 21.0. The molecule has 2 amide bonds. The van der Waals surface area contributed by atoms with Crippen LogP contribution in [-0.2, 0) is 19.1 Å². The van der Waals surface area contributed by atoms with Gasteiger partial charge in [-0.05, 0) is 37.3 Å². The lowest BCUT2D eigenvalue weighted by atomic mass is 10.2. The van der Waals surface area contributed by atoms with Crippen molar-refractivity contribution in [2.24, 2.45) is 0 Å². The minimum Gasteiger partial charge on any atom is -0.466 e. The predicted molar refractivity (Wildman–Crippen MR) is 106 cm³/mol. The summed E-state index contributed by atoms with van der Waals surface area (Å²) in [4.78, 5) is 38.6. The molecule has 1 aromatic heterocycles. The molecule has 0 bridgehead atoms. The molecule has 0 unspecified atom stereocenters. The molecule has 1 fully saturated rings. The first kappa shape index (κ1) is 20.5. The molecular formula is C20H19N3O5S. The molecule has 1 N–H and O–H groups in total. The van der Waals surface area contributed by atoms with Gasteiger partial charge in [-0.2, -0.15) is 5.26 Å². The Morgan fingerprint density at radius 1 is 1.34 bits per heavy atom. The van der Waals surface area contributed by atoms with Crippen LogP contribution in [0.1, 0.15) is 30.5 Å². The van der Waals surface area contributed by atoms with Crippen molar-refractivity contribution in [3.05, 3.63) is 54.0 Å². The van der Waals surface area contributed by atoms with Crippen LogP contribution >= 0.6 is 11.8 Å². The molecule has 29 heavy (non-hydrogen) atoms. The maximum Gasteiger partial charge on any atom is 0.330 e. The maximum atomic E-state index is 12.7. The third-order valence-corrected chi connectivity index (χ3v) is 5.63. The Bertz CT molecular complexity index is 953. The number of hydrogen-bond acceptors (Lipinski definition) is 7. The average molecular weight is 413 g/mol. The van der Waals surface area contributed by atoms with Crippen LogP contribution in [-0.4, -0.2) is 40.6 Å². The minimum atomic E-state index is -1.07. The van der Waals surface area contributed by atoms with Crippen LogP contribution in [0, 0.1) is 11.3 Å². The second-order valence-electron chi connectivity index (χ2n) is 6.40. The van der Waals surface area contributed by atoms with Crippen molar-refractivity contribution in [3.8, 4) is 6.07 Å². The highest BCUT2D eigenvalue weighted by Crippen LogP contribution is 2.41. The normalized spacial score (nSPS) is 19.3. The molecule has 0 aliphatic carbocycles. The second kappa shape index (κ2) is 8.84. The van der Waals surface area contributed by atoms with E-state index in [0.29, 0.717) is 22.8 Å². The van der Waals surface area contributed by atoms with Gasteiger partial charge in [-0.3, -0.25) is 9.59 Å². The van der Waals surface area contributed by atoms with Gasteiger partial charge in [0.05, 0.1) is 17.9 Å². The molecule has 0 spiro atoms. The van der Waals surface area contributed by atoms with Crippen LogP contribution in [0.25, 0.3) is 0 Å². The number of nitrogens with zero attached hydrogens (tertiary/aromatic N) is 2. The number of hydrogen-bond donors (Lipinski definition) is 1. The molecule has 1 aliphatic rings. The molecule has 3 rings (SSSR count). The van der Waals surface area contributed by atoms with E-state index in [1.54, 1.807) is 30.3 Å². The summed E-state index contributed by atoms with van der Waals surface area (Å²) in [5, 5.41) is 11.1. The van der Waals surface area contributed by atoms with Crippen LogP contribution in [0.2, 0.25) is 0 Å². The van der Waals surface area contributed by atoms with Crippen molar-refractivity contribution in [1.29, 1.82) is 5.26 Å². The van der Waals surface area contributed by atoms with Crippen LogP contribution in [0.3, 0.4) is 0 Å². The Balaban J connectivity index is 1.64. The molecule has 0 radical (unpaired) electrons. The topological polar surface area (TPSA) is 113 Å². The van der Waals surface area contributed by atoms with E-state index in [2.05, 4.69) is 5.32 Å². The van der Waals surface area contributed by atoms with E-state index in [0.717, 1.165) is 0 Å². The minimum absolute atomic E-state index is 0.288. The van der Waals surface area contributed by atoms with E-state index in [1.807, 2.05) is 6.07 Å². The largest absolute Gasteiger partial charge is 0.466 e. The lowest BCUT2D eigenvalue weighted by Gasteiger charge is -2.26. The standard InChI is InChI=1S/C20H19N3O5S/c1-12(18(25)22-15-6-3-5-14(9-15)10-21)28-20(26)16-11-29-19(23(16)13(2)24)17-7-4-8-27-17/h3-9,12,16,19H,11H2,1-2H3,(H,22,25)/t12-,16-,19-/m1/s1. The second-order valence-corrected chi connectivity index (χ2v) is 7.52. The Morgan fingerprint density at radius 2 is 2.14 bits per heavy atom. The number of carbonyl (C=O) groups excluding carboxylic acids is 3. The predicted octanol–water partition coefficient (Wildman–Crippen LogP) is 2.68. The lowest BCUT2D eigenvalue weighted by molar-refractivity contribution is -0.160. The highest BCUT2D eigenvalue weighted by molar-refractivity contribution is 7.99. The fourth-order valence-electron chi connectivity index (χ4n) is 2.94. The number of thioether (sulfide) groups is 1. The number of amides is 2. The number of nitrogens with one attached hydrogen (secondary N) is 1. The third-order valence-electron chi connectivity index (χ3n) is 4.34. The van der Waals surface area contributed by atoms with Crippen molar-refractivity contribution >= 4 is 35.2 Å². The van der Waals surface area contributed by atoms with Crippen LogP contribution in [0.5, 0.6) is 0 Å². The Kier molecular flexibility index (Phi) is 6.24. The number of nitriles is 1. The zero-order valence-corrected chi connectivity index (χ0v) is 16.6. The molecule has 0 saturated carbocycles. The SMILES string of the molecule is CC(=O)N1[C@@H](C(=O)O[C@H](C)C(=O)Nc2cccc(C#N)c2)CS[C@@H]1c1ccco1. The van der Waals surface area contributed by atoms with Gasteiger partial charge < -0.3 is 19.4 Å². The van der Waals surface area contributed by atoms with Crippen molar-refractivity contribution in [2.75, 3.05) is 11.1 Å². The third kappa shape index (κ3) is 4.60. The van der Waals surface area contributed by atoms with E-state index in [9.17, 15) is 14.4 Å². The monoisotopic (exact) mass is 413 g/mol. The summed E-state index contributed by atoms with van der Waals surface area (Å²) in [7, 11) is 0. The van der Waals surface area contributed by atoms with Crippen molar-refractivity contribution in [2.45, 2.75) is 31.4 Å². The van der Waals surface area contributed by atoms with Crippen molar-refractivity contribution in [1.82, 2.24) is 4.90 Å². The van der Waals surface area contributed by atoms with E-state index in [-0.39, 0.29) is 5.91 Å². The fraction of sp³-hybridized carbons (Fsp3) is 0.300. The molecule has 1 saturated heterocycles. The number of ether oxygens (including phenoxy) is 1. The molecule has 9 heteroatoms. The fourth-order valence-corrected chi connectivity index (χ4v) is 4.36. The average Bonchev–Trinajstić information content (AvgIpc) is 3.37. The Hall–Kier alpha value is -3.25. The summed E-state index contributed by atoms with van der Waals surface area (Å²) in [5.74, 6) is -0.568. The molecule has 3 atom stereocenters. The quantitative estimate of drug-likeness (QED) is 0.750. The lowest BCUT2D eigenvalue weighted by Crippen LogP contribution is -2.44. The van der Waals surface area contributed by atoms with Crippen molar-refractivity contribution < 1.29 is 23.5 Å². The van der Waals surface area contributed by atoms with Gasteiger partial charge >= 0.3 is 5.97 Å². The van der Waals surface area contributed by atoms with E-state index in [1.165, 1.54) is 42.8 Å². The van der Waals surface area contributed by atoms with Gasteiger partial charge in [0.2, 0.25) is 5.91 Å². The van der Waals surface area contributed by atoms with E-state index < -0.39 is 29.4 Å². The molecule has 8 nitrogen and oxygen atoms in total. The summed E-state index contributed by atoms with van der Waals surface area (Å²) in [6.45, 7) is 2.83. The smallest absolute Gasteiger partial charge is 0.330 e. The first-order valence-corrected chi connectivity index (χ1v) is 9.91.